The monoisotopic (exact) mass is 339 g/mol. The van der Waals surface area contributed by atoms with Crippen LogP contribution in [0.15, 0.2) is 48.5 Å². The molecule has 2 aromatic carbocycles. The molecule has 6 nitrogen and oxygen atoms in total. The molecule has 0 bridgehead atoms. The Balaban J connectivity index is 1.69. The fourth-order valence-corrected chi connectivity index (χ4v) is 2.97. The first-order chi connectivity index (χ1) is 11.9. The first-order valence-electron chi connectivity index (χ1n) is 7.95. The number of rotatable bonds is 4. The summed E-state index contributed by atoms with van der Waals surface area (Å²) in [5, 5.41) is 10.6. The average molecular weight is 339 g/mol. The van der Waals surface area contributed by atoms with Gasteiger partial charge < -0.3 is 4.74 Å². The van der Waals surface area contributed by atoms with Crippen molar-refractivity contribution < 1.29 is 19.2 Å². The largest absolute Gasteiger partial charge is 0.461 e. The molecule has 1 aliphatic rings. The summed E-state index contributed by atoms with van der Waals surface area (Å²) in [6.45, 7) is 1.78. The molecule has 1 aliphatic carbocycles. The van der Waals surface area contributed by atoms with E-state index in [0.717, 1.165) is 12.0 Å². The maximum atomic E-state index is 12.7. The number of carbonyl (C=O) groups is 2. The van der Waals surface area contributed by atoms with E-state index in [4.69, 9.17) is 4.74 Å². The SMILES string of the molecule is CC1(COC(=O)c2ccc([N+](=O)[O-])cc2)CCc2ccccc2C1=O. The van der Waals surface area contributed by atoms with Crippen LogP contribution in [0.1, 0.15) is 39.6 Å². The van der Waals surface area contributed by atoms with Crippen molar-refractivity contribution in [2.75, 3.05) is 6.61 Å². The standard InChI is InChI=1S/C19H17NO5/c1-19(11-10-13-4-2-3-5-16(13)17(19)21)12-25-18(22)14-6-8-15(9-7-14)20(23)24/h2-9H,10-12H2,1H3. The molecule has 3 rings (SSSR count). The smallest absolute Gasteiger partial charge is 0.338 e. The van der Waals surface area contributed by atoms with E-state index < -0.39 is 16.3 Å². The number of hydrogen-bond acceptors (Lipinski definition) is 5. The van der Waals surface area contributed by atoms with Gasteiger partial charge in [-0.15, -0.1) is 0 Å². The van der Waals surface area contributed by atoms with Crippen LogP contribution in [0.4, 0.5) is 5.69 Å². The molecule has 0 N–H and O–H groups in total. The topological polar surface area (TPSA) is 86.5 Å². The Labute approximate surface area is 144 Å². The lowest BCUT2D eigenvalue weighted by Crippen LogP contribution is -2.38. The summed E-state index contributed by atoms with van der Waals surface area (Å²) in [5.41, 5.74) is 1.07. The summed E-state index contributed by atoms with van der Waals surface area (Å²) >= 11 is 0. The first kappa shape index (κ1) is 16.8. The summed E-state index contributed by atoms with van der Waals surface area (Å²) in [6.07, 6.45) is 1.36. The van der Waals surface area contributed by atoms with Crippen LogP contribution in [0.2, 0.25) is 0 Å². The molecule has 0 fully saturated rings. The number of nitro benzene ring substituents is 1. The highest BCUT2D eigenvalue weighted by Gasteiger charge is 2.39. The van der Waals surface area contributed by atoms with E-state index in [2.05, 4.69) is 0 Å². The van der Waals surface area contributed by atoms with E-state index in [1.165, 1.54) is 24.3 Å². The minimum atomic E-state index is -0.759. The summed E-state index contributed by atoms with van der Waals surface area (Å²) in [6, 6.07) is 12.7. The van der Waals surface area contributed by atoms with Gasteiger partial charge in [-0.1, -0.05) is 24.3 Å². The molecular weight excluding hydrogens is 322 g/mol. The normalized spacial score (nSPS) is 19.2. The van der Waals surface area contributed by atoms with Gasteiger partial charge in [-0.3, -0.25) is 14.9 Å². The minimum Gasteiger partial charge on any atom is -0.461 e. The number of fused-ring (bicyclic) bond motifs is 1. The van der Waals surface area contributed by atoms with Gasteiger partial charge in [0, 0.05) is 17.7 Å². The molecule has 0 saturated carbocycles. The highest BCUT2D eigenvalue weighted by atomic mass is 16.6. The summed E-state index contributed by atoms with van der Waals surface area (Å²) in [4.78, 5) is 35.0. The molecule has 0 aromatic heterocycles. The van der Waals surface area contributed by atoms with Crippen LogP contribution in [0.5, 0.6) is 0 Å². The van der Waals surface area contributed by atoms with Crippen LogP contribution in [-0.4, -0.2) is 23.3 Å². The third-order valence-electron chi connectivity index (χ3n) is 4.59. The molecule has 2 aromatic rings. The van der Waals surface area contributed by atoms with E-state index >= 15 is 0 Å². The quantitative estimate of drug-likeness (QED) is 0.483. The molecular formula is C19H17NO5. The molecule has 0 heterocycles. The zero-order valence-electron chi connectivity index (χ0n) is 13.7. The van der Waals surface area contributed by atoms with Crippen molar-refractivity contribution in [1.82, 2.24) is 0 Å². The van der Waals surface area contributed by atoms with Crippen LogP contribution >= 0.6 is 0 Å². The molecule has 0 saturated heterocycles. The predicted octanol–water partition coefficient (Wildman–Crippen LogP) is 3.59. The lowest BCUT2D eigenvalue weighted by molar-refractivity contribution is -0.384. The van der Waals surface area contributed by atoms with E-state index in [0.29, 0.717) is 12.0 Å². The Hall–Kier alpha value is -3.02. The number of ketones is 1. The van der Waals surface area contributed by atoms with Gasteiger partial charge in [-0.2, -0.15) is 0 Å². The zero-order valence-corrected chi connectivity index (χ0v) is 13.7. The second kappa shape index (κ2) is 6.47. The van der Waals surface area contributed by atoms with Crippen molar-refractivity contribution in [1.29, 1.82) is 0 Å². The Morgan fingerprint density at radius 1 is 1.20 bits per heavy atom. The minimum absolute atomic E-state index is 0.0179. The van der Waals surface area contributed by atoms with E-state index in [1.54, 1.807) is 13.0 Å². The highest BCUT2D eigenvalue weighted by molar-refractivity contribution is 6.02. The zero-order chi connectivity index (χ0) is 18.0. The highest BCUT2D eigenvalue weighted by Crippen LogP contribution is 2.35. The number of non-ortho nitro benzene ring substituents is 1. The average Bonchev–Trinajstić information content (AvgIpc) is 2.63. The number of esters is 1. The molecule has 128 valence electrons. The van der Waals surface area contributed by atoms with Crippen LogP contribution < -0.4 is 0 Å². The molecule has 1 atom stereocenters. The number of nitrogens with zero attached hydrogens (tertiary/aromatic N) is 1. The Morgan fingerprint density at radius 3 is 2.56 bits per heavy atom. The van der Waals surface area contributed by atoms with Crippen molar-refractivity contribution >= 4 is 17.4 Å². The van der Waals surface area contributed by atoms with Crippen LogP contribution in [0.25, 0.3) is 0 Å². The summed E-state index contributed by atoms with van der Waals surface area (Å²) in [5.74, 6) is -0.617. The van der Waals surface area contributed by atoms with E-state index in [-0.39, 0.29) is 23.6 Å². The third-order valence-corrected chi connectivity index (χ3v) is 4.59. The van der Waals surface area contributed by atoms with Crippen molar-refractivity contribution in [3.8, 4) is 0 Å². The number of benzene rings is 2. The van der Waals surface area contributed by atoms with Crippen molar-refractivity contribution in [2.45, 2.75) is 19.8 Å². The van der Waals surface area contributed by atoms with Gasteiger partial charge in [0.2, 0.25) is 0 Å². The molecule has 0 aliphatic heterocycles. The van der Waals surface area contributed by atoms with Gasteiger partial charge in [0.25, 0.3) is 5.69 Å². The van der Waals surface area contributed by atoms with E-state index in [9.17, 15) is 19.7 Å². The summed E-state index contributed by atoms with van der Waals surface area (Å²) < 4.78 is 5.33. The molecule has 25 heavy (non-hydrogen) atoms. The number of aryl methyl sites for hydroxylation is 1. The maximum Gasteiger partial charge on any atom is 0.338 e. The van der Waals surface area contributed by atoms with Gasteiger partial charge in [0.15, 0.2) is 5.78 Å². The predicted molar refractivity (Wildman–Crippen MR) is 90.6 cm³/mol. The summed E-state index contributed by atoms with van der Waals surface area (Å²) in [7, 11) is 0. The second-order valence-electron chi connectivity index (χ2n) is 6.43. The Morgan fingerprint density at radius 2 is 1.88 bits per heavy atom. The third kappa shape index (κ3) is 3.28. The van der Waals surface area contributed by atoms with Crippen molar-refractivity contribution in [2.24, 2.45) is 5.41 Å². The van der Waals surface area contributed by atoms with Gasteiger partial charge in [0.05, 0.1) is 15.9 Å². The first-order valence-corrected chi connectivity index (χ1v) is 7.95. The number of ether oxygens (including phenoxy) is 1. The molecule has 0 amide bonds. The van der Waals surface area contributed by atoms with Gasteiger partial charge >= 0.3 is 5.97 Å². The van der Waals surface area contributed by atoms with Crippen LogP contribution in [-0.2, 0) is 11.2 Å². The number of hydrogen-bond donors (Lipinski definition) is 0. The molecule has 6 heteroatoms. The van der Waals surface area contributed by atoms with Crippen molar-refractivity contribution in [3.05, 3.63) is 75.3 Å². The van der Waals surface area contributed by atoms with Gasteiger partial charge in [-0.05, 0) is 37.5 Å². The van der Waals surface area contributed by atoms with Crippen LogP contribution in [0, 0.1) is 15.5 Å². The maximum absolute atomic E-state index is 12.7. The number of Topliss-reactive ketones (excluding diaryl/α,β-unsaturated/α-hetero) is 1. The Bertz CT molecular complexity index is 843. The molecule has 1 unspecified atom stereocenters. The molecule has 0 radical (unpaired) electrons. The second-order valence-corrected chi connectivity index (χ2v) is 6.43. The van der Waals surface area contributed by atoms with Gasteiger partial charge in [0.1, 0.15) is 6.61 Å². The lowest BCUT2D eigenvalue weighted by Gasteiger charge is -2.32. The Kier molecular flexibility index (Phi) is 4.35. The molecule has 0 spiro atoms. The van der Waals surface area contributed by atoms with E-state index in [1.807, 2.05) is 18.2 Å². The number of carbonyl (C=O) groups excluding carboxylic acids is 2. The lowest BCUT2D eigenvalue weighted by atomic mass is 9.72. The van der Waals surface area contributed by atoms with Gasteiger partial charge in [-0.25, -0.2) is 4.79 Å². The fraction of sp³-hybridized carbons (Fsp3) is 0.263. The fourth-order valence-electron chi connectivity index (χ4n) is 2.97. The van der Waals surface area contributed by atoms with Crippen LogP contribution in [0.3, 0.4) is 0 Å². The van der Waals surface area contributed by atoms with Crippen molar-refractivity contribution in [3.63, 3.8) is 0 Å². The number of nitro groups is 1.